The van der Waals surface area contributed by atoms with E-state index in [1.807, 2.05) is 0 Å². The van der Waals surface area contributed by atoms with Crippen LogP contribution in [0.2, 0.25) is 0 Å². The van der Waals surface area contributed by atoms with Crippen LogP contribution in [0.5, 0.6) is 0 Å². The summed E-state index contributed by atoms with van der Waals surface area (Å²) in [5.41, 5.74) is 0. The summed E-state index contributed by atoms with van der Waals surface area (Å²) in [5.74, 6) is -1.09. The van der Waals surface area contributed by atoms with Crippen molar-refractivity contribution < 1.29 is 33.8 Å². The summed E-state index contributed by atoms with van der Waals surface area (Å²) >= 11 is 0. The normalized spacial score (nSPS) is 10.9. The van der Waals surface area contributed by atoms with Crippen molar-refractivity contribution in [2.45, 2.75) is 129 Å². The van der Waals surface area contributed by atoms with Crippen molar-refractivity contribution in [1.29, 1.82) is 0 Å². The largest absolute Gasteiger partial charge is 0.481 e. The molecule has 0 bridgehead atoms. The van der Waals surface area contributed by atoms with Gasteiger partial charge in [-0.1, -0.05) is 90.9 Å². The number of hydrogen-bond donors (Lipinski definition) is 3. The number of esters is 1. The minimum atomic E-state index is -0.688. The van der Waals surface area contributed by atoms with Gasteiger partial charge in [0.15, 0.2) is 0 Å². The number of carboxylic acids is 1. The molecule has 0 fully saturated rings. The van der Waals surface area contributed by atoms with E-state index in [1.165, 1.54) is 57.8 Å². The zero-order chi connectivity index (χ0) is 29.0. The second-order valence-corrected chi connectivity index (χ2v) is 10.6. The van der Waals surface area contributed by atoms with Gasteiger partial charge >= 0.3 is 11.9 Å². The van der Waals surface area contributed by atoms with Crippen LogP contribution in [0.15, 0.2) is 0 Å². The van der Waals surface area contributed by atoms with E-state index in [-0.39, 0.29) is 30.3 Å². The zero-order valence-corrected chi connectivity index (χ0v) is 24.7. The molecule has 39 heavy (non-hydrogen) atoms. The molecule has 0 unspecified atom stereocenters. The molecular weight excluding hydrogens is 500 g/mol. The summed E-state index contributed by atoms with van der Waals surface area (Å²) < 4.78 is 10.3. The van der Waals surface area contributed by atoms with E-state index in [4.69, 9.17) is 14.6 Å². The van der Waals surface area contributed by atoms with Crippen LogP contribution >= 0.6 is 0 Å². The molecule has 0 atom stereocenters. The third kappa shape index (κ3) is 28.7. The molecule has 0 aliphatic carbocycles. The average molecular weight is 557 g/mol. The molecule has 0 saturated heterocycles. The van der Waals surface area contributed by atoms with E-state index in [0.29, 0.717) is 52.0 Å². The highest BCUT2D eigenvalue weighted by molar-refractivity contribution is 5.77. The second kappa shape index (κ2) is 27.4. The molecule has 0 saturated carbocycles. The molecule has 0 rings (SSSR count). The number of ether oxygens (including phenoxy) is 2. The number of unbranched alkanes of at least 4 members (excludes halogenated alkanes) is 13. The molecule has 0 heterocycles. The standard InChI is InChI=1S/C30H56N2O7/c1-26(2)30(37)39-25-24-38-23-22-32-28(34)19-17-21-31-27(33)18-15-13-11-9-7-5-3-4-6-8-10-12-14-16-20-29(35)36/h26H,3-25H2,1-2H3,(H,31,33)(H,32,34)(H,35,36). The van der Waals surface area contributed by atoms with Gasteiger partial charge in [0.05, 0.1) is 19.1 Å². The van der Waals surface area contributed by atoms with E-state index < -0.39 is 5.97 Å². The van der Waals surface area contributed by atoms with Crippen LogP contribution in [-0.2, 0) is 28.7 Å². The first-order valence-corrected chi connectivity index (χ1v) is 15.3. The number of carbonyl (C=O) groups is 4. The van der Waals surface area contributed by atoms with Gasteiger partial charge in [-0.15, -0.1) is 0 Å². The number of hydrogen-bond acceptors (Lipinski definition) is 6. The van der Waals surface area contributed by atoms with Crippen LogP contribution in [0.4, 0.5) is 0 Å². The van der Waals surface area contributed by atoms with Gasteiger partial charge in [-0.25, -0.2) is 0 Å². The topological polar surface area (TPSA) is 131 Å². The second-order valence-electron chi connectivity index (χ2n) is 10.6. The summed E-state index contributed by atoms with van der Waals surface area (Å²) in [7, 11) is 0. The van der Waals surface area contributed by atoms with Gasteiger partial charge in [-0.2, -0.15) is 0 Å². The lowest BCUT2D eigenvalue weighted by atomic mass is 10.0. The fourth-order valence-electron chi connectivity index (χ4n) is 4.07. The summed E-state index contributed by atoms with van der Waals surface area (Å²) in [6.45, 7) is 5.35. The maximum atomic E-state index is 11.9. The molecule has 0 aliphatic heterocycles. The number of amides is 2. The molecule has 9 nitrogen and oxygen atoms in total. The third-order valence-electron chi connectivity index (χ3n) is 6.46. The maximum Gasteiger partial charge on any atom is 0.308 e. The van der Waals surface area contributed by atoms with Gasteiger partial charge in [0, 0.05) is 32.4 Å². The lowest BCUT2D eigenvalue weighted by Crippen LogP contribution is -2.29. The van der Waals surface area contributed by atoms with Crippen molar-refractivity contribution >= 4 is 23.8 Å². The Morgan fingerprint density at radius 1 is 0.564 bits per heavy atom. The Hall–Kier alpha value is -2.16. The molecule has 9 heteroatoms. The van der Waals surface area contributed by atoms with Gasteiger partial charge in [-0.05, 0) is 19.3 Å². The van der Waals surface area contributed by atoms with Gasteiger partial charge in [-0.3, -0.25) is 19.2 Å². The SMILES string of the molecule is CC(C)C(=O)OCCOCCNC(=O)CCCNC(=O)CCCCCCCCCCCCCCCCC(=O)O. The molecule has 3 N–H and O–H groups in total. The molecule has 2 amide bonds. The summed E-state index contributed by atoms with van der Waals surface area (Å²) in [6.07, 6.45) is 18.1. The quantitative estimate of drug-likeness (QED) is 0.0851. The number of rotatable bonds is 28. The van der Waals surface area contributed by atoms with Crippen molar-refractivity contribution in [3.8, 4) is 0 Å². The smallest absolute Gasteiger partial charge is 0.308 e. The summed E-state index contributed by atoms with van der Waals surface area (Å²) in [5, 5.41) is 14.3. The van der Waals surface area contributed by atoms with Crippen LogP contribution in [0.1, 0.15) is 129 Å². The lowest BCUT2D eigenvalue weighted by molar-refractivity contribution is -0.148. The minimum absolute atomic E-state index is 0.0591. The van der Waals surface area contributed by atoms with Crippen LogP contribution in [0, 0.1) is 5.92 Å². The predicted octanol–water partition coefficient (Wildman–Crippen LogP) is 5.54. The molecule has 0 aromatic rings. The average Bonchev–Trinajstić information content (AvgIpc) is 2.89. The zero-order valence-electron chi connectivity index (χ0n) is 24.7. The van der Waals surface area contributed by atoms with E-state index in [1.54, 1.807) is 13.8 Å². The highest BCUT2D eigenvalue weighted by Gasteiger charge is 2.07. The highest BCUT2D eigenvalue weighted by atomic mass is 16.6. The van der Waals surface area contributed by atoms with Crippen LogP contribution in [-0.4, -0.2) is 61.8 Å². The molecular formula is C30H56N2O7. The van der Waals surface area contributed by atoms with Crippen molar-refractivity contribution in [2.24, 2.45) is 5.92 Å². The Kier molecular flexibility index (Phi) is 25.9. The Morgan fingerprint density at radius 3 is 1.49 bits per heavy atom. The Labute approximate surface area is 236 Å². The molecule has 0 spiro atoms. The molecule has 0 radical (unpaired) electrons. The Morgan fingerprint density at radius 2 is 1.00 bits per heavy atom. The monoisotopic (exact) mass is 556 g/mol. The van der Waals surface area contributed by atoms with Crippen molar-refractivity contribution in [3.63, 3.8) is 0 Å². The lowest BCUT2D eigenvalue weighted by Gasteiger charge is -2.09. The highest BCUT2D eigenvalue weighted by Crippen LogP contribution is 2.13. The third-order valence-corrected chi connectivity index (χ3v) is 6.46. The van der Waals surface area contributed by atoms with Crippen molar-refractivity contribution in [3.05, 3.63) is 0 Å². The molecule has 0 aromatic carbocycles. The van der Waals surface area contributed by atoms with Gasteiger partial charge in [0.25, 0.3) is 0 Å². The van der Waals surface area contributed by atoms with Gasteiger partial charge < -0.3 is 25.2 Å². The summed E-state index contributed by atoms with van der Waals surface area (Å²) in [4.78, 5) is 45.5. The predicted molar refractivity (Wildman–Crippen MR) is 153 cm³/mol. The number of aliphatic carboxylic acids is 1. The van der Waals surface area contributed by atoms with Crippen LogP contribution in [0.25, 0.3) is 0 Å². The molecule has 0 aliphatic rings. The van der Waals surface area contributed by atoms with Gasteiger partial charge in [0.1, 0.15) is 6.61 Å². The number of carboxylic acid groups (broad SMARTS) is 1. The first-order chi connectivity index (χ1) is 18.8. The number of nitrogens with one attached hydrogen (secondary N) is 2. The van der Waals surface area contributed by atoms with Crippen molar-refractivity contribution in [2.75, 3.05) is 32.9 Å². The van der Waals surface area contributed by atoms with E-state index in [0.717, 1.165) is 32.1 Å². The Bertz CT molecular complexity index is 641. The van der Waals surface area contributed by atoms with Crippen LogP contribution < -0.4 is 10.6 Å². The van der Waals surface area contributed by atoms with E-state index in [2.05, 4.69) is 10.6 Å². The fraction of sp³-hybridized carbons (Fsp3) is 0.867. The van der Waals surface area contributed by atoms with Crippen LogP contribution in [0.3, 0.4) is 0 Å². The van der Waals surface area contributed by atoms with E-state index >= 15 is 0 Å². The number of carbonyl (C=O) groups excluding carboxylic acids is 3. The molecule has 0 aromatic heterocycles. The maximum absolute atomic E-state index is 11.9. The Balaban J connectivity index is 3.32. The minimum Gasteiger partial charge on any atom is -0.481 e. The molecule has 228 valence electrons. The first kappa shape index (κ1) is 36.8. The van der Waals surface area contributed by atoms with Crippen molar-refractivity contribution in [1.82, 2.24) is 10.6 Å². The fourth-order valence-corrected chi connectivity index (χ4v) is 4.07. The van der Waals surface area contributed by atoms with E-state index in [9.17, 15) is 19.2 Å². The van der Waals surface area contributed by atoms with Gasteiger partial charge in [0.2, 0.25) is 11.8 Å². The first-order valence-electron chi connectivity index (χ1n) is 15.3. The summed E-state index contributed by atoms with van der Waals surface area (Å²) in [6, 6.07) is 0.